The first kappa shape index (κ1) is 27.6. The minimum Gasteiger partial charge on any atom is -0.480 e. The van der Waals surface area contributed by atoms with E-state index in [1.807, 2.05) is 30.5 Å². The van der Waals surface area contributed by atoms with Gasteiger partial charge in [-0.25, -0.2) is 19.5 Å². The molecular weight excluding hydrogens is 525 g/mol. The Kier molecular flexibility index (Phi) is 8.05. The maximum Gasteiger partial charge on any atom is 0.469 e. The van der Waals surface area contributed by atoms with Crippen molar-refractivity contribution in [3.63, 3.8) is 0 Å². The highest BCUT2D eigenvalue weighted by Gasteiger charge is 2.45. The number of para-hydroxylation sites is 1. The topological polar surface area (TPSA) is 265 Å². The first-order valence-corrected chi connectivity index (χ1v) is 12.7. The molecule has 3 aromatic heterocycles. The van der Waals surface area contributed by atoms with E-state index in [0.29, 0.717) is 11.9 Å². The number of carboxylic acids is 1. The minimum atomic E-state index is -4.72. The fourth-order valence-electron chi connectivity index (χ4n) is 3.95. The molecule has 1 unspecified atom stereocenters. The first-order chi connectivity index (χ1) is 18.0. The number of aliphatic carboxylic acids is 1. The molecule has 204 valence electrons. The number of carboxylic acid groups (broad SMARTS) is 1. The molecule has 10 N–H and O–H groups in total. The third-order valence-electron chi connectivity index (χ3n) is 5.84. The fourth-order valence-corrected chi connectivity index (χ4v) is 4.29. The number of nitrogen functional groups attached to an aromatic ring is 1. The number of hydrogen-bond donors (Lipinski definition) is 8. The Hall–Kier alpha value is -3.47. The number of phosphoric ester groups is 1. The smallest absolute Gasteiger partial charge is 0.469 e. The normalized spacial score (nSPS) is 22.3. The number of carbonyl (C=O) groups is 1. The summed E-state index contributed by atoms with van der Waals surface area (Å²) in [7, 11) is -4.72. The number of phosphoric acid groups is 1. The van der Waals surface area contributed by atoms with Crippen LogP contribution in [0.3, 0.4) is 0 Å². The summed E-state index contributed by atoms with van der Waals surface area (Å²) in [5.74, 6) is -0.830. The predicted molar refractivity (Wildman–Crippen MR) is 131 cm³/mol. The van der Waals surface area contributed by atoms with Crippen molar-refractivity contribution >= 4 is 41.7 Å². The number of H-pyrrole nitrogens is 1. The van der Waals surface area contributed by atoms with Crippen molar-refractivity contribution in [3.05, 3.63) is 48.7 Å². The zero-order valence-corrected chi connectivity index (χ0v) is 20.5. The standard InChI is InChI=1S/C11H12N2O2.C10H14N5O7P/c12-9(11(14)15)5-7-6-13-10-4-2-1-3-8(7)10;11-8-5-9(13-2-12-8)15(3-14-5)10-7(17)6(16)4(22-10)1-21-23(18,19)20/h1-4,6,9,13H,5,12H2,(H,14,15);2-4,6-7,10,16-17H,1H2,(H2,11,12,13)(H2,18,19,20)/t;4-,6-,7-,10-/m.1/s1. The number of aliphatic hydroxyl groups is 2. The lowest BCUT2D eigenvalue weighted by atomic mass is 10.1. The lowest BCUT2D eigenvalue weighted by Crippen LogP contribution is -2.33. The van der Waals surface area contributed by atoms with Gasteiger partial charge in [0, 0.05) is 23.5 Å². The van der Waals surface area contributed by atoms with Crippen LogP contribution in [0, 0.1) is 0 Å². The molecule has 5 rings (SSSR count). The van der Waals surface area contributed by atoms with E-state index < -0.39 is 51.0 Å². The second-order valence-electron chi connectivity index (χ2n) is 8.42. The maximum absolute atomic E-state index is 10.7. The monoisotopic (exact) mass is 551 g/mol. The van der Waals surface area contributed by atoms with Crippen molar-refractivity contribution in [1.82, 2.24) is 24.5 Å². The molecule has 4 heterocycles. The number of hydrogen-bond acceptors (Lipinski definition) is 11. The summed E-state index contributed by atoms with van der Waals surface area (Å²) in [4.78, 5) is 42.9. The molecule has 1 saturated heterocycles. The molecular formula is C21H26N7O9P. The third kappa shape index (κ3) is 5.98. The molecule has 1 aliphatic rings. The summed E-state index contributed by atoms with van der Waals surface area (Å²) in [6.07, 6.45) is -0.330. The molecule has 0 radical (unpaired) electrons. The molecule has 17 heteroatoms. The van der Waals surface area contributed by atoms with E-state index in [9.17, 15) is 19.6 Å². The summed E-state index contributed by atoms with van der Waals surface area (Å²) in [5.41, 5.74) is 13.7. The van der Waals surface area contributed by atoms with Gasteiger partial charge in [-0.3, -0.25) is 13.9 Å². The number of imidazole rings is 1. The van der Waals surface area contributed by atoms with Gasteiger partial charge in [0.1, 0.15) is 36.2 Å². The average Bonchev–Trinajstić information content (AvgIpc) is 3.55. The van der Waals surface area contributed by atoms with E-state index in [1.54, 1.807) is 0 Å². The van der Waals surface area contributed by atoms with Gasteiger partial charge in [0.05, 0.1) is 12.9 Å². The van der Waals surface area contributed by atoms with Crippen molar-refractivity contribution in [2.45, 2.75) is 37.0 Å². The molecule has 1 aliphatic heterocycles. The highest BCUT2D eigenvalue weighted by molar-refractivity contribution is 7.46. The summed E-state index contributed by atoms with van der Waals surface area (Å²) >= 11 is 0. The van der Waals surface area contributed by atoms with E-state index in [1.165, 1.54) is 17.2 Å². The number of aromatic amines is 1. The molecule has 0 aliphatic carbocycles. The van der Waals surface area contributed by atoms with Crippen molar-refractivity contribution in [3.8, 4) is 0 Å². The van der Waals surface area contributed by atoms with Crippen LogP contribution in [-0.4, -0.2) is 86.5 Å². The predicted octanol–water partition coefficient (Wildman–Crippen LogP) is -0.741. The molecule has 0 spiro atoms. The van der Waals surface area contributed by atoms with E-state index >= 15 is 0 Å². The van der Waals surface area contributed by atoms with Crippen LogP contribution in [0.2, 0.25) is 0 Å². The third-order valence-corrected chi connectivity index (χ3v) is 6.32. The minimum absolute atomic E-state index is 0.142. The lowest BCUT2D eigenvalue weighted by molar-refractivity contribution is -0.138. The molecule has 0 saturated carbocycles. The van der Waals surface area contributed by atoms with Crippen LogP contribution in [0.15, 0.2) is 43.1 Å². The Morgan fingerprint density at radius 1 is 1.21 bits per heavy atom. The van der Waals surface area contributed by atoms with Crippen LogP contribution in [0.5, 0.6) is 0 Å². The highest BCUT2D eigenvalue weighted by atomic mass is 31.2. The lowest BCUT2D eigenvalue weighted by Gasteiger charge is -2.16. The Balaban J connectivity index is 0.000000194. The van der Waals surface area contributed by atoms with E-state index in [-0.39, 0.29) is 11.5 Å². The Morgan fingerprint density at radius 3 is 2.66 bits per heavy atom. The summed E-state index contributed by atoms with van der Waals surface area (Å²) in [6, 6.07) is 6.91. The highest BCUT2D eigenvalue weighted by Crippen LogP contribution is 2.38. The fraction of sp³-hybridized carbons (Fsp3) is 0.333. The molecule has 0 bridgehead atoms. The van der Waals surface area contributed by atoms with Crippen LogP contribution >= 0.6 is 7.82 Å². The second-order valence-corrected chi connectivity index (χ2v) is 9.66. The quantitative estimate of drug-likeness (QED) is 0.132. The number of ether oxygens (including phenoxy) is 1. The van der Waals surface area contributed by atoms with Crippen LogP contribution in [-0.2, 0) is 25.0 Å². The van der Waals surface area contributed by atoms with E-state index in [4.69, 9.17) is 31.1 Å². The summed E-state index contributed by atoms with van der Waals surface area (Å²) in [6.45, 7) is -0.594. The number of rotatable bonds is 7. The number of anilines is 1. The number of fused-ring (bicyclic) bond motifs is 2. The van der Waals surface area contributed by atoms with Crippen molar-refractivity contribution in [2.75, 3.05) is 12.3 Å². The molecule has 5 atom stereocenters. The van der Waals surface area contributed by atoms with Gasteiger partial charge in [0.25, 0.3) is 0 Å². The van der Waals surface area contributed by atoms with Crippen molar-refractivity contribution < 1.29 is 43.7 Å². The van der Waals surface area contributed by atoms with Gasteiger partial charge >= 0.3 is 13.8 Å². The Labute approximate surface area is 214 Å². The van der Waals surface area contributed by atoms with Crippen LogP contribution in [0.4, 0.5) is 5.82 Å². The molecule has 4 aromatic rings. The number of nitrogens with one attached hydrogen (secondary N) is 1. The van der Waals surface area contributed by atoms with Gasteiger partial charge in [0.15, 0.2) is 17.7 Å². The Morgan fingerprint density at radius 2 is 1.95 bits per heavy atom. The van der Waals surface area contributed by atoms with Crippen LogP contribution in [0.25, 0.3) is 22.1 Å². The Bertz CT molecular complexity index is 1470. The van der Waals surface area contributed by atoms with Gasteiger partial charge < -0.3 is 46.3 Å². The average molecular weight is 551 g/mol. The second kappa shape index (κ2) is 11.1. The van der Waals surface area contributed by atoms with Crippen LogP contribution < -0.4 is 11.5 Å². The maximum atomic E-state index is 10.7. The van der Waals surface area contributed by atoms with Crippen LogP contribution in [0.1, 0.15) is 11.8 Å². The number of nitrogens with two attached hydrogens (primary N) is 2. The molecule has 1 aromatic carbocycles. The van der Waals surface area contributed by atoms with Crippen molar-refractivity contribution in [2.24, 2.45) is 5.73 Å². The van der Waals surface area contributed by atoms with Gasteiger partial charge in [-0.1, -0.05) is 18.2 Å². The van der Waals surface area contributed by atoms with E-state index in [2.05, 4.69) is 24.5 Å². The molecule has 38 heavy (non-hydrogen) atoms. The number of aromatic nitrogens is 5. The molecule has 1 fully saturated rings. The molecule has 16 nitrogen and oxygen atoms in total. The SMILES string of the molecule is NC(Cc1c[nH]c2ccccc12)C(=O)O.Nc1ncnc2c1ncn2[C@@H]1O[C@H](COP(=O)(O)O)[C@@H](O)[C@H]1O. The first-order valence-electron chi connectivity index (χ1n) is 11.1. The number of benzene rings is 1. The van der Waals surface area contributed by atoms with Gasteiger partial charge in [-0.15, -0.1) is 0 Å². The molecule has 0 amide bonds. The van der Waals surface area contributed by atoms with Gasteiger partial charge in [-0.2, -0.15) is 0 Å². The zero-order valence-electron chi connectivity index (χ0n) is 19.6. The van der Waals surface area contributed by atoms with Crippen molar-refractivity contribution in [1.29, 1.82) is 0 Å². The summed E-state index contributed by atoms with van der Waals surface area (Å²) in [5, 5.41) is 29.8. The van der Waals surface area contributed by atoms with E-state index in [0.717, 1.165) is 16.5 Å². The largest absolute Gasteiger partial charge is 0.480 e. The number of nitrogens with zero attached hydrogens (tertiary/aromatic N) is 4. The van der Waals surface area contributed by atoms with Gasteiger partial charge in [-0.05, 0) is 11.6 Å². The van der Waals surface area contributed by atoms with Gasteiger partial charge in [0.2, 0.25) is 0 Å². The zero-order chi connectivity index (χ0) is 27.6. The number of aliphatic hydroxyl groups excluding tert-OH is 2. The summed E-state index contributed by atoms with van der Waals surface area (Å²) < 4.78 is 21.8.